The number of hydrogen-bond acceptors (Lipinski definition) is 2. The van der Waals surface area contributed by atoms with Crippen LogP contribution >= 0.6 is 0 Å². The van der Waals surface area contributed by atoms with Crippen molar-refractivity contribution in [3.05, 3.63) is 59.7 Å². The fourth-order valence-corrected chi connectivity index (χ4v) is 2.20. The summed E-state index contributed by atoms with van der Waals surface area (Å²) in [5.41, 5.74) is 10.6. The predicted molar refractivity (Wildman–Crippen MR) is 63.3 cm³/mol. The van der Waals surface area contributed by atoms with Gasteiger partial charge in [-0.3, -0.25) is 4.79 Å². The Morgan fingerprint density at radius 1 is 0.765 bits per heavy atom. The highest BCUT2D eigenvalue weighted by Gasteiger charge is 2.35. The minimum atomic E-state index is -0.172. The molecule has 1 N–H and O–H groups in total. The van der Waals surface area contributed by atoms with E-state index in [1.54, 1.807) is 6.07 Å². The Morgan fingerprint density at radius 2 is 1.24 bits per heavy atom. The molecular formula is C14H9N2O+. The van der Waals surface area contributed by atoms with Crippen molar-refractivity contribution in [1.82, 2.24) is 0 Å². The molecule has 0 atom stereocenters. The maximum absolute atomic E-state index is 12.2. The molecule has 2 aromatic carbocycles. The van der Waals surface area contributed by atoms with E-state index >= 15 is 0 Å². The second-order valence-corrected chi connectivity index (χ2v) is 3.88. The summed E-state index contributed by atoms with van der Waals surface area (Å²) >= 11 is 0. The molecule has 0 fully saturated rings. The molecule has 1 aliphatic carbocycles. The molecule has 0 bridgehead atoms. The Morgan fingerprint density at radius 3 is 1.82 bits per heavy atom. The number of ketones is 1. The molecule has 0 saturated heterocycles. The van der Waals surface area contributed by atoms with Crippen molar-refractivity contribution in [2.45, 2.75) is 0 Å². The summed E-state index contributed by atoms with van der Waals surface area (Å²) in [6, 6.07) is 15.0. The van der Waals surface area contributed by atoms with Gasteiger partial charge in [-0.15, -0.1) is 0 Å². The Balaban J connectivity index is 2.45. The monoisotopic (exact) mass is 221 g/mol. The van der Waals surface area contributed by atoms with Gasteiger partial charge in [-0.05, 0) is 17.2 Å². The van der Waals surface area contributed by atoms with Gasteiger partial charge in [0.15, 0.2) is 0 Å². The van der Waals surface area contributed by atoms with E-state index in [9.17, 15) is 4.79 Å². The van der Waals surface area contributed by atoms with Crippen molar-refractivity contribution < 1.29 is 9.58 Å². The third kappa shape index (κ3) is 1.27. The molecule has 0 radical (unpaired) electrons. The molecule has 0 spiro atoms. The maximum Gasteiger partial charge on any atom is 0.419 e. The summed E-state index contributed by atoms with van der Waals surface area (Å²) in [4.78, 5) is 15.5. The van der Waals surface area contributed by atoms with E-state index in [-0.39, 0.29) is 11.5 Å². The number of carbonyl (C=O) groups excluding carboxylic acids is 1. The molecule has 17 heavy (non-hydrogen) atoms. The second kappa shape index (κ2) is 3.51. The van der Waals surface area contributed by atoms with E-state index in [1.165, 1.54) is 0 Å². The summed E-state index contributed by atoms with van der Waals surface area (Å²) < 4.78 is 0. The Kier molecular flexibility index (Phi) is 2.00. The highest BCUT2D eigenvalue weighted by Crippen LogP contribution is 2.32. The van der Waals surface area contributed by atoms with Crippen molar-refractivity contribution in [3.8, 4) is 11.1 Å². The van der Waals surface area contributed by atoms with E-state index in [0.29, 0.717) is 5.56 Å². The average molecular weight is 221 g/mol. The van der Waals surface area contributed by atoms with Crippen LogP contribution in [-0.2, 0) is 0 Å². The molecule has 80 valence electrons. The van der Waals surface area contributed by atoms with Crippen LogP contribution in [0.1, 0.15) is 15.9 Å². The summed E-state index contributed by atoms with van der Waals surface area (Å²) in [6.07, 6.45) is 0. The van der Waals surface area contributed by atoms with Crippen LogP contribution in [0.25, 0.3) is 11.1 Å². The quantitative estimate of drug-likeness (QED) is 0.539. The molecule has 0 heterocycles. The zero-order valence-corrected chi connectivity index (χ0v) is 8.97. The Hall–Kier alpha value is -2.51. The number of nitrogens with one attached hydrogen (secondary N) is 1. The smallest absolute Gasteiger partial charge is 0.280 e. The molecule has 0 amide bonds. The lowest BCUT2D eigenvalue weighted by Gasteiger charge is -2.13. The van der Waals surface area contributed by atoms with E-state index in [4.69, 9.17) is 5.53 Å². The number of rotatable bonds is 0. The molecule has 0 aliphatic heterocycles. The Labute approximate surface area is 98.0 Å². The van der Waals surface area contributed by atoms with Crippen molar-refractivity contribution in [2.75, 3.05) is 0 Å². The number of carbonyl (C=O) groups is 1. The molecule has 0 saturated carbocycles. The standard InChI is InChI=1S/C14H9N2O/c15-16-13-11-7-3-1-5-9(11)10-6-2-4-8-12(10)14(13)17/h1-8,15H/q+1. The summed E-state index contributed by atoms with van der Waals surface area (Å²) in [7, 11) is 0. The number of hydrogen-bond donors (Lipinski definition) is 1. The zero-order valence-electron chi connectivity index (χ0n) is 8.97. The van der Waals surface area contributed by atoms with Gasteiger partial charge in [-0.2, -0.15) is 0 Å². The predicted octanol–water partition coefficient (Wildman–Crippen LogP) is 2.58. The largest absolute Gasteiger partial charge is 0.419 e. The van der Waals surface area contributed by atoms with Gasteiger partial charge in [0, 0.05) is 5.56 Å². The highest BCUT2D eigenvalue weighted by molar-refractivity contribution is 6.53. The lowest BCUT2D eigenvalue weighted by molar-refractivity contribution is -0.117. The minimum absolute atomic E-state index is 0.172. The molecule has 3 rings (SSSR count). The maximum atomic E-state index is 12.2. The van der Waals surface area contributed by atoms with E-state index in [1.807, 2.05) is 42.5 Å². The summed E-state index contributed by atoms with van der Waals surface area (Å²) in [6.45, 7) is 0. The first-order valence-corrected chi connectivity index (χ1v) is 5.31. The van der Waals surface area contributed by atoms with Crippen LogP contribution in [0, 0.1) is 5.53 Å². The average Bonchev–Trinajstić information content (AvgIpc) is 2.40. The van der Waals surface area contributed by atoms with Crippen molar-refractivity contribution in [2.24, 2.45) is 0 Å². The van der Waals surface area contributed by atoms with Crippen molar-refractivity contribution >= 4 is 11.5 Å². The van der Waals surface area contributed by atoms with Gasteiger partial charge in [-0.1, -0.05) is 42.5 Å². The fraction of sp³-hybridized carbons (Fsp3) is 0. The van der Waals surface area contributed by atoms with Crippen LogP contribution in [-0.4, -0.2) is 16.3 Å². The lowest BCUT2D eigenvalue weighted by Crippen LogP contribution is -2.23. The SMILES string of the molecule is N=[N+]=C1C(=O)c2ccccc2-c2ccccc21. The van der Waals surface area contributed by atoms with Crippen LogP contribution in [0.2, 0.25) is 0 Å². The van der Waals surface area contributed by atoms with Crippen LogP contribution in [0.5, 0.6) is 0 Å². The third-order valence-electron chi connectivity index (χ3n) is 2.97. The molecular weight excluding hydrogens is 212 g/mol. The zero-order chi connectivity index (χ0) is 11.8. The van der Waals surface area contributed by atoms with Crippen LogP contribution in [0.15, 0.2) is 48.5 Å². The van der Waals surface area contributed by atoms with Crippen molar-refractivity contribution in [3.63, 3.8) is 0 Å². The van der Waals surface area contributed by atoms with Crippen LogP contribution < -0.4 is 0 Å². The molecule has 1 aliphatic rings. The first-order valence-electron chi connectivity index (χ1n) is 5.31. The van der Waals surface area contributed by atoms with Crippen LogP contribution in [0.4, 0.5) is 0 Å². The normalized spacial score (nSPS) is 12.7. The lowest BCUT2D eigenvalue weighted by atomic mass is 9.84. The number of Topliss-reactive ketones (excluding diaryl/α,β-unsaturated/α-hetero) is 1. The molecule has 3 heteroatoms. The number of fused-ring (bicyclic) bond motifs is 3. The third-order valence-corrected chi connectivity index (χ3v) is 2.97. The van der Waals surface area contributed by atoms with E-state index in [2.05, 4.69) is 4.79 Å². The van der Waals surface area contributed by atoms with Gasteiger partial charge in [0.1, 0.15) is 0 Å². The number of benzene rings is 2. The highest BCUT2D eigenvalue weighted by atomic mass is 16.1. The molecule has 0 aromatic heterocycles. The van der Waals surface area contributed by atoms with E-state index in [0.717, 1.165) is 16.7 Å². The van der Waals surface area contributed by atoms with Crippen molar-refractivity contribution in [1.29, 1.82) is 5.53 Å². The second-order valence-electron chi connectivity index (χ2n) is 3.88. The molecule has 3 nitrogen and oxygen atoms in total. The van der Waals surface area contributed by atoms with Gasteiger partial charge in [0.2, 0.25) is 0 Å². The minimum Gasteiger partial charge on any atom is -0.280 e. The van der Waals surface area contributed by atoms with Crippen LogP contribution in [0.3, 0.4) is 0 Å². The van der Waals surface area contributed by atoms with Gasteiger partial charge in [0.25, 0.3) is 5.78 Å². The first kappa shape index (κ1) is 9.70. The topological polar surface area (TPSA) is 55.0 Å². The van der Waals surface area contributed by atoms with Gasteiger partial charge in [-0.25, -0.2) is 0 Å². The summed E-state index contributed by atoms with van der Waals surface area (Å²) in [5.74, 6) is -0.172. The fourth-order valence-electron chi connectivity index (χ4n) is 2.20. The Bertz CT molecular complexity index is 682. The van der Waals surface area contributed by atoms with E-state index < -0.39 is 0 Å². The van der Waals surface area contributed by atoms with Gasteiger partial charge in [0.05, 0.1) is 15.9 Å². The van der Waals surface area contributed by atoms with Gasteiger partial charge >= 0.3 is 5.71 Å². The molecule has 0 unspecified atom stereocenters. The van der Waals surface area contributed by atoms with Gasteiger partial charge < -0.3 is 0 Å². The number of nitrogens with zero attached hydrogens (tertiary/aromatic N) is 1. The molecule has 2 aromatic rings. The first-order chi connectivity index (χ1) is 8.33. The summed E-state index contributed by atoms with van der Waals surface area (Å²) in [5, 5.41) is 0.